The highest BCUT2D eigenvalue weighted by Crippen LogP contribution is 2.40. The van der Waals surface area contributed by atoms with E-state index in [1.54, 1.807) is 30.3 Å². The maximum atomic E-state index is 13.4. The van der Waals surface area contributed by atoms with E-state index in [-0.39, 0.29) is 24.8 Å². The first-order chi connectivity index (χ1) is 15.2. The number of nitrogens with one attached hydrogen (secondary N) is 1. The van der Waals surface area contributed by atoms with Gasteiger partial charge < -0.3 is 4.84 Å². The van der Waals surface area contributed by atoms with Crippen molar-refractivity contribution in [2.75, 3.05) is 13.1 Å². The first kappa shape index (κ1) is 21.9. The van der Waals surface area contributed by atoms with Gasteiger partial charge in [-0.25, -0.2) is 13.6 Å². The highest BCUT2D eigenvalue weighted by atomic mass is 19.4. The minimum absolute atomic E-state index is 0.0109. The zero-order valence-electron chi connectivity index (χ0n) is 16.6. The normalized spacial score (nSPS) is 19.7. The van der Waals surface area contributed by atoms with Gasteiger partial charge in [-0.1, -0.05) is 12.1 Å². The van der Waals surface area contributed by atoms with Gasteiger partial charge in [0.15, 0.2) is 0 Å². The van der Waals surface area contributed by atoms with Crippen molar-refractivity contribution in [2.45, 2.75) is 24.4 Å². The fraction of sp³-hybridized carbons (Fsp3) is 0.273. The molecule has 2 atom stereocenters. The van der Waals surface area contributed by atoms with Crippen molar-refractivity contribution in [3.63, 3.8) is 0 Å². The van der Waals surface area contributed by atoms with E-state index in [1.807, 2.05) is 0 Å². The van der Waals surface area contributed by atoms with E-state index in [2.05, 4.69) is 15.0 Å². The Morgan fingerprint density at radius 1 is 1.00 bits per heavy atom. The standard InChI is InChI=1S/C22H18F5N3O2/c23-15-5-1-13(2-6-15)18-12-30(32-21(31)22(25,26)27)10-9-17(18)20-11-19(28-29-20)14-3-7-16(24)8-4-14/h1-8,11,17-18H,9-10,12H2,(H,28,29)/t17-,18+/m1/s1. The van der Waals surface area contributed by atoms with Crippen LogP contribution < -0.4 is 0 Å². The van der Waals surface area contributed by atoms with Crippen molar-refractivity contribution in [1.29, 1.82) is 0 Å². The quantitative estimate of drug-likeness (QED) is 0.571. The fourth-order valence-corrected chi connectivity index (χ4v) is 3.89. The first-order valence-electron chi connectivity index (χ1n) is 9.81. The van der Waals surface area contributed by atoms with Gasteiger partial charge in [0, 0.05) is 36.2 Å². The van der Waals surface area contributed by atoms with Gasteiger partial charge >= 0.3 is 12.1 Å². The van der Waals surface area contributed by atoms with Crippen LogP contribution in [0.1, 0.15) is 29.5 Å². The molecule has 5 nitrogen and oxygen atoms in total. The summed E-state index contributed by atoms with van der Waals surface area (Å²) in [5.41, 5.74) is 2.69. The van der Waals surface area contributed by atoms with Gasteiger partial charge in [0.2, 0.25) is 0 Å². The van der Waals surface area contributed by atoms with Crippen LogP contribution in [0.25, 0.3) is 11.3 Å². The molecule has 1 fully saturated rings. The topological polar surface area (TPSA) is 58.2 Å². The van der Waals surface area contributed by atoms with Crippen molar-refractivity contribution in [2.24, 2.45) is 0 Å². The second-order valence-corrected chi connectivity index (χ2v) is 7.53. The summed E-state index contributed by atoms with van der Waals surface area (Å²) >= 11 is 0. The number of nitrogens with zero attached hydrogens (tertiary/aromatic N) is 2. The number of hydrogen-bond donors (Lipinski definition) is 1. The average molecular weight is 451 g/mol. The van der Waals surface area contributed by atoms with Crippen LogP contribution in [0.3, 0.4) is 0 Å². The lowest BCUT2D eigenvalue weighted by Crippen LogP contribution is -2.42. The van der Waals surface area contributed by atoms with E-state index >= 15 is 0 Å². The van der Waals surface area contributed by atoms with E-state index in [0.29, 0.717) is 23.2 Å². The molecule has 1 aliphatic heterocycles. The molecular formula is C22H18F5N3O2. The Bertz CT molecular complexity index is 1080. The Morgan fingerprint density at radius 3 is 2.25 bits per heavy atom. The summed E-state index contributed by atoms with van der Waals surface area (Å²) in [6.45, 7) is 0.0676. The second-order valence-electron chi connectivity index (χ2n) is 7.53. The Labute approximate surface area is 179 Å². The average Bonchev–Trinajstić information content (AvgIpc) is 3.24. The number of hydroxylamine groups is 2. The van der Waals surface area contributed by atoms with Crippen molar-refractivity contribution in [1.82, 2.24) is 15.3 Å². The molecule has 0 aliphatic carbocycles. The van der Waals surface area contributed by atoms with Crippen molar-refractivity contribution >= 4 is 5.97 Å². The molecule has 32 heavy (non-hydrogen) atoms. The number of alkyl halides is 3. The molecular weight excluding hydrogens is 433 g/mol. The van der Waals surface area contributed by atoms with E-state index < -0.39 is 23.9 Å². The first-order valence-corrected chi connectivity index (χ1v) is 9.81. The Kier molecular flexibility index (Phi) is 5.96. The lowest BCUT2D eigenvalue weighted by molar-refractivity contribution is -0.242. The lowest BCUT2D eigenvalue weighted by Gasteiger charge is -2.37. The maximum absolute atomic E-state index is 13.4. The van der Waals surface area contributed by atoms with Crippen LogP contribution in [-0.2, 0) is 9.63 Å². The molecule has 0 spiro atoms. The number of rotatable bonds is 4. The molecule has 0 amide bonds. The number of hydrogen-bond acceptors (Lipinski definition) is 4. The number of carbonyl (C=O) groups is 1. The van der Waals surface area contributed by atoms with Gasteiger partial charge in [0.25, 0.3) is 0 Å². The summed E-state index contributed by atoms with van der Waals surface area (Å²) in [5.74, 6) is -3.70. The minimum Gasteiger partial charge on any atom is -0.361 e. The Balaban J connectivity index is 1.60. The largest absolute Gasteiger partial charge is 0.492 e. The number of piperidine rings is 1. The third-order valence-corrected chi connectivity index (χ3v) is 5.45. The van der Waals surface area contributed by atoms with Crippen LogP contribution in [0.2, 0.25) is 0 Å². The summed E-state index contributed by atoms with van der Waals surface area (Å²) in [6.07, 6.45) is -4.74. The third-order valence-electron chi connectivity index (χ3n) is 5.45. The predicted octanol–water partition coefficient (Wildman–Crippen LogP) is 4.95. The second kappa shape index (κ2) is 8.70. The molecule has 168 valence electrons. The van der Waals surface area contributed by atoms with E-state index in [9.17, 15) is 26.7 Å². The smallest absolute Gasteiger partial charge is 0.361 e. The van der Waals surface area contributed by atoms with Crippen molar-refractivity contribution in [3.8, 4) is 11.3 Å². The highest BCUT2D eigenvalue weighted by molar-refractivity contribution is 5.75. The predicted molar refractivity (Wildman–Crippen MR) is 104 cm³/mol. The molecule has 1 saturated heterocycles. The van der Waals surface area contributed by atoms with E-state index in [0.717, 1.165) is 10.8 Å². The summed E-state index contributed by atoms with van der Waals surface area (Å²) in [4.78, 5) is 15.8. The molecule has 4 rings (SSSR count). The SMILES string of the molecule is O=C(ON1CC[C@@H](c2cc(-c3ccc(F)cc3)n[nH]2)[C@H](c2ccc(F)cc2)C1)C(F)(F)F. The summed E-state index contributed by atoms with van der Waals surface area (Å²) < 4.78 is 64.5. The molecule has 0 unspecified atom stereocenters. The molecule has 1 N–H and O–H groups in total. The number of carbonyl (C=O) groups excluding carboxylic acids is 1. The monoisotopic (exact) mass is 451 g/mol. The molecule has 1 aromatic heterocycles. The number of H-pyrrole nitrogens is 1. The molecule has 10 heteroatoms. The number of halogens is 5. The molecule has 3 aromatic rings. The van der Waals surface area contributed by atoms with E-state index in [1.165, 1.54) is 24.3 Å². The van der Waals surface area contributed by atoms with E-state index in [4.69, 9.17) is 0 Å². The molecule has 0 saturated carbocycles. The fourth-order valence-electron chi connectivity index (χ4n) is 3.89. The van der Waals surface area contributed by atoms with Gasteiger partial charge in [0.05, 0.1) is 5.69 Å². The summed E-state index contributed by atoms with van der Waals surface area (Å²) in [7, 11) is 0. The van der Waals surface area contributed by atoms with Crippen LogP contribution in [0.5, 0.6) is 0 Å². The number of benzene rings is 2. The molecule has 2 aromatic carbocycles. The molecule has 2 heterocycles. The molecule has 1 aliphatic rings. The Hall–Kier alpha value is -3.27. The van der Waals surface area contributed by atoms with Crippen LogP contribution in [0.15, 0.2) is 54.6 Å². The molecule has 0 radical (unpaired) electrons. The molecule has 0 bridgehead atoms. The van der Waals surface area contributed by atoms with Crippen molar-refractivity contribution < 1.29 is 31.6 Å². The zero-order chi connectivity index (χ0) is 22.9. The van der Waals surface area contributed by atoms with Gasteiger partial charge in [-0.3, -0.25) is 5.10 Å². The zero-order valence-corrected chi connectivity index (χ0v) is 16.6. The van der Waals surface area contributed by atoms with Crippen LogP contribution in [0.4, 0.5) is 22.0 Å². The van der Waals surface area contributed by atoms with Crippen LogP contribution in [-0.4, -0.2) is 40.5 Å². The Morgan fingerprint density at radius 2 is 1.62 bits per heavy atom. The van der Waals surface area contributed by atoms with Gasteiger partial charge in [-0.05, 0) is 54.4 Å². The number of aromatic amines is 1. The highest BCUT2D eigenvalue weighted by Gasteiger charge is 2.44. The van der Waals surface area contributed by atoms with Crippen molar-refractivity contribution in [3.05, 3.63) is 77.5 Å². The number of aromatic nitrogens is 2. The summed E-state index contributed by atoms with van der Waals surface area (Å²) in [5, 5.41) is 8.22. The van der Waals surface area contributed by atoms with Gasteiger partial charge in [0.1, 0.15) is 11.6 Å². The maximum Gasteiger partial charge on any atom is 0.492 e. The van der Waals surface area contributed by atoms with Gasteiger partial charge in [-0.15, -0.1) is 5.06 Å². The van der Waals surface area contributed by atoms with Crippen LogP contribution >= 0.6 is 0 Å². The minimum atomic E-state index is -5.10. The summed E-state index contributed by atoms with van der Waals surface area (Å²) in [6, 6.07) is 13.3. The lowest BCUT2D eigenvalue weighted by atomic mass is 9.79. The third kappa shape index (κ3) is 4.80. The van der Waals surface area contributed by atoms with Crippen LogP contribution in [0, 0.1) is 11.6 Å². The van der Waals surface area contributed by atoms with Gasteiger partial charge in [-0.2, -0.15) is 18.3 Å².